The van der Waals surface area contributed by atoms with Gasteiger partial charge in [-0.05, 0) is 12.8 Å². The zero-order chi connectivity index (χ0) is 12.3. The molecule has 0 aliphatic carbocycles. The van der Waals surface area contributed by atoms with Crippen LogP contribution in [0.1, 0.15) is 12.8 Å². The Hall–Kier alpha value is -0.330. The number of hydrogen-bond donors (Lipinski definition) is 1. The molecule has 0 bridgehead atoms. The van der Waals surface area contributed by atoms with Gasteiger partial charge in [-0.3, -0.25) is 4.90 Å². The van der Waals surface area contributed by atoms with E-state index in [1.165, 1.54) is 0 Å². The average molecular weight is 252 g/mol. The van der Waals surface area contributed by atoms with Gasteiger partial charge in [0.25, 0.3) is 0 Å². The molecule has 0 radical (unpaired) electrons. The Bertz CT molecular complexity index is 241. The Labute approximate surface area is 99.3 Å². The lowest BCUT2D eigenvalue weighted by Crippen LogP contribution is -2.40. The molecule has 2 unspecified atom stereocenters. The number of ether oxygens (including phenoxy) is 1. The first kappa shape index (κ1) is 13.1. The average Bonchev–Trinajstić information content (AvgIpc) is 2.61. The topological polar surface area (TPSA) is 24.5 Å². The molecule has 0 aromatic carbocycles. The van der Waals surface area contributed by atoms with Gasteiger partial charge < -0.3 is 10.1 Å². The Morgan fingerprint density at radius 3 is 2.82 bits per heavy atom. The highest BCUT2D eigenvalue weighted by atomic mass is 19.4. The molecule has 6 heteroatoms. The molecule has 2 atom stereocenters. The van der Waals surface area contributed by atoms with Gasteiger partial charge in [-0.1, -0.05) is 0 Å². The van der Waals surface area contributed by atoms with E-state index in [2.05, 4.69) is 5.32 Å². The summed E-state index contributed by atoms with van der Waals surface area (Å²) in [7, 11) is 0. The number of halogens is 3. The third-order valence-electron chi connectivity index (χ3n) is 3.42. The molecule has 2 rings (SSSR count). The molecule has 0 saturated carbocycles. The van der Waals surface area contributed by atoms with Crippen molar-refractivity contribution in [1.82, 2.24) is 10.2 Å². The first-order valence-corrected chi connectivity index (χ1v) is 6.17. The van der Waals surface area contributed by atoms with Crippen LogP contribution in [0, 0.1) is 5.92 Å². The zero-order valence-corrected chi connectivity index (χ0v) is 9.80. The summed E-state index contributed by atoms with van der Waals surface area (Å²) in [6, 6.07) is 0. The number of nitrogens with one attached hydrogen (secondary N) is 1. The smallest absolute Gasteiger partial charge is 0.377 e. The minimum absolute atomic E-state index is 0.0333. The number of alkyl halides is 3. The highest BCUT2D eigenvalue weighted by Crippen LogP contribution is 2.27. The fourth-order valence-corrected chi connectivity index (χ4v) is 2.44. The van der Waals surface area contributed by atoms with Crippen LogP contribution in [0.4, 0.5) is 13.2 Å². The van der Waals surface area contributed by atoms with Gasteiger partial charge in [-0.25, -0.2) is 0 Å². The second kappa shape index (κ2) is 5.54. The first-order valence-electron chi connectivity index (χ1n) is 6.17. The van der Waals surface area contributed by atoms with Gasteiger partial charge in [0.15, 0.2) is 0 Å². The van der Waals surface area contributed by atoms with Crippen LogP contribution in [0.15, 0.2) is 0 Å². The Balaban J connectivity index is 1.87. The summed E-state index contributed by atoms with van der Waals surface area (Å²) in [5.41, 5.74) is 0. The van der Waals surface area contributed by atoms with Crippen molar-refractivity contribution in [1.29, 1.82) is 0 Å². The van der Waals surface area contributed by atoms with Crippen LogP contribution in [-0.2, 0) is 4.74 Å². The van der Waals surface area contributed by atoms with Crippen LogP contribution < -0.4 is 5.32 Å². The minimum atomic E-state index is -4.11. The molecule has 17 heavy (non-hydrogen) atoms. The standard InChI is InChI=1S/C11H19F3N2O/c12-11(13,14)9-6-15-3-4-16(7-9)8-10-2-1-5-17-10/h9-10,15H,1-8H2. The second-order valence-electron chi connectivity index (χ2n) is 4.84. The molecular weight excluding hydrogens is 233 g/mol. The molecule has 100 valence electrons. The van der Waals surface area contributed by atoms with Crippen molar-refractivity contribution in [3.8, 4) is 0 Å². The van der Waals surface area contributed by atoms with E-state index in [0.29, 0.717) is 19.6 Å². The fraction of sp³-hybridized carbons (Fsp3) is 1.00. The van der Waals surface area contributed by atoms with E-state index in [9.17, 15) is 13.2 Å². The summed E-state index contributed by atoms with van der Waals surface area (Å²) in [5, 5.41) is 2.86. The second-order valence-corrected chi connectivity index (χ2v) is 4.84. The van der Waals surface area contributed by atoms with E-state index in [4.69, 9.17) is 4.74 Å². The normalized spacial score (nSPS) is 32.6. The molecular formula is C11H19F3N2O. The van der Waals surface area contributed by atoms with Crippen molar-refractivity contribution >= 4 is 0 Å². The number of rotatable bonds is 2. The number of nitrogens with zero attached hydrogens (tertiary/aromatic N) is 1. The van der Waals surface area contributed by atoms with Crippen molar-refractivity contribution < 1.29 is 17.9 Å². The third kappa shape index (κ3) is 3.82. The Morgan fingerprint density at radius 2 is 2.18 bits per heavy atom. The highest BCUT2D eigenvalue weighted by molar-refractivity contribution is 4.81. The molecule has 0 spiro atoms. The molecule has 2 heterocycles. The molecule has 2 aliphatic heterocycles. The third-order valence-corrected chi connectivity index (χ3v) is 3.42. The molecule has 3 nitrogen and oxygen atoms in total. The van der Waals surface area contributed by atoms with Crippen molar-refractivity contribution in [2.24, 2.45) is 5.92 Å². The Morgan fingerprint density at radius 1 is 1.35 bits per heavy atom. The fourth-order valence-electron chi connectivity index (χ4n) is 2.44. The molecule has 0 amide bonds. The van der Waals surface area contributed by atoms with E-state index >= 15 is 0 Å². The van der Waals surface area contributed by atoms with Gasteiger partial charge in [-0.15, -0.1) is 0 Å². The van der Waals surface area contributed by atoms with E-state index in [1.54, 1.807) is 0 Å². The van der Waals surface area contributed by atoms with Gasteiger partial charge >= 0.3 is 6.18 Å². The van der Waals surface area contributed by atoms with Crippen LogP contribution in [0.25, 0.3) is 0 Å². The largest absolute Gasteiger partial charge is 0.394 e. The van der Waals surface area contributed by atoms with Crippen LogP contribution in [-0.4, -0.2) is 56.5 Å². The maximum Gasteiger partial charge on any atom is 0.394 e. The van der Waals surface area contributed by atoms with Gasteiger partial charge in [-0.2, -0.15) is 13.2 Å². The summed E-state index contributed by atoms with van der Waals surface area (Å²) in [6.07, 6.45) is -1.98. The van der Waals surface area contributed by atoms with E-state index in [0.717, 1.165) is 19.4 Å². The summed E-state index contributed by atoms with van der Waals surface area (Å²) in [5.74, 6) is -1.26. The first-order chi connectivity index (χ1) is 8.05. The monoisotopic (exact) mass is 252 g/mol. The van der Waals surface area contributed by atoms with Crippen LogP contribution >= 0.6 is 0 Å². The van der Waals surface area contributed by atoms with Crippen molar-refractivity contribution in [2.45, 2.75) is 25.1 Å². The van der Waals surface area contributed by atoms with Crippen molar-refractivity contribution in [3.63, 3.8) is 0 Å². The predicted octanol–water partition coefficient (Wildman–Crippen LogP) is 1.25. The summed E-state index contributed by atoms with van der Waals surface area (Å²) in [6.45, 7) is 2.81. The minimum Gasteiger partial charge on any atom is -0.377 e. The number of hydrogen-bond acceptors (Lipinski definition) is 3. The van der Waals surface area contributed by atoms with Crippen LogP contribution in [0.5, 0.6) is 0 Å². The van der Waals surface area contributed by atoms with Gasteiger partial charge in [0.2, 0.25) is 0 Å². The molecule has 2 aliphatic rings. The molecule has 1 N–H and O–H groups in total. The zero-order valence-electron chi connectivity index (χ0n) is 9.80. The lowest BCUT2D eigenvalue weighted by molar-refractivity contribution is -0.176. The molecule has 0 aromatic heterocycles. The van der Waals surface area contributed by atoms with Crippen molar-refractivity contribution in [3.05, 3.63) is 0 Å². The quantitative estimate of drug-likeness (QED) is 0.800. The summed E-state index contributed by atoms with van der Waals surface area (Å²) >= 11 is 0. The lowest BCUT2D eigenvalue weighted by Gasteiger charge is -2.27. The van der Waals surface area contributed by atoms with Gasteiger partial charge in [0.1, 0.15) is 0 Å². The summed E-state index contributed by atoms with van der Waals surface area (Å²) < 4.78 is 43.6. The van der Waals surface area contributed by atoms with Gasteiger partial charge in [0, 0.05) is 39.3 Å². The summed E-state index contributed by atoms with van der Waals surface area (Å²) in [4.78, 5) is 1.88. The molecule has 2 saturated heterocycles. The molecule has 0 aromatic rings. The van der Waals surface area contributed by atoms with E-state index < -0.39 is 12.1 Å². The maximum atomic E-state index is 12.7. The van der Waals surface area contributed by atoms with Crippen molar-refractivity contribution in [2.75, 3.05) is 39.3 Å². The van der Waals surface area contributed by atoms with E-state index in [-0.39, 0.29) is 19.2 Å². The Kier molecular flexibility index (Phi) is 4.27. The van der Waals surface area contributed by atoms with Gasteiger partial charge in [0.05, 0.1) is 12.0 Å². The van der Waals surface area contributed by atoms with E-state index in [1.807, 2.05) is 4.90 Å². The lowest BCUT2D eigenvalue weighted by atomic mass is 10.1. The van der Waals surface area contributed by atoms with Crippen LogP contribution in [0.3, 0.4) is 0 Å². The maximum absolute atomic E-state index is 12.7. The highest BCUT2D eigenvalue weighted by Gasteiger charge is 2.41. The molecule has 2 fully saturated rings. The van der Waals surface area contributed by atoms with Crippen LogP contribution in [0.2, 0.25) is 0 Å². The predicted molar refractivity (Wildman–Crippen MR) is 57.8 cm³/mol. The SMILES string of the molecule is FC(F)(F)C1CNCCN(CC2CCCO2)C1.